The lowest BCUT2D eigenvalue weighted by Crippen LogP contribution is -1.95. The van der Waals surface area contributed by atoms with E-state index in [0.717, 1.165) is 50.3 Å². The maximum Gasteiger partial charge on any atom is 0.194 e. The maximum atomic E-state index is 7.55. The molecule has 8 rings (SSSR count). The third kappa shape index (κ3) is 5.53. The number of para-hydroxylation sites is 1. The van der Waals surface area contributed by atoms with Crippen molar-refractivity contribution in [1.29, 1.82) is 0 Å². The third-order valence-corrected chi connectivity index (χ3v) is 8.77. The SMILES string of the molecule is [C-]#[N+]c1ccccc1-c1ccc(-c2ccc(-c3ccc(-c4cc(-c5ccccc5)nc(-c5ccccc5)n4)cc3)c3ccccc23)cc1. The van der Waals surface area contributed by atoms with Crippen molar-refractivity contribution in [3.8, 4) is 67.3 Å². The van der Waals surface area contributed by atoms with E-state index >= 15 is 0 Å². The number of nitrogens with zero attached hydrogens (tertiary/aromatic N) is 3. The highest BCUT2D eigenvalue weighted by Crippen LogP contribution is 2.38. The molecule has 1 heterocycles. The molecular formula is C45H29N3. The second-order valence-electron chi connectivity index (χ2n) is 11.7. The molecule has 8 aromatic rings. The highest BCUT2D eigenvalue weighted by molar-refractivity contribution is 6.05. The lowest BCUT2D eigenvalue weighted by Gasteiger charge is -2.14. The molecule has 48 heavy (non-hydrogen) atoms. The normalized spacial score (nSPS) is 10.9. The molecular weight excluding hydrogens is 583 g/mol. The minimum absolute atomic E-state index is 0.666. The Labute approximate surface area is 280 Å². The van der Waals surface area contributed by atoms with Crippen molar-refractivity contribution in [2.45, 2.75) is 0 Å². The predicted molar refractivity (Wildman–Crippen MR) is 198 cm³/mol. The van der Waals surface area contributed by atoms with Gasteiger partial charge in [-0.3, -0.25) is 0 Å². The molecule has 224 valence electrons. The second-order valence-corrected chi connectivity index (χ2v) is 11.7. The molecule has 0 aliphatic rings. The number of hydrogen-bond donors (Lipinski definition) is 0. The molecule has 0 aliphatic heterocycles. The summed E-state index contributed by atoms with van der Waals surface area (Å²) in [4.78, 5) is 13.6. The number of aromatic nitrogens is 2. The fourth-order valence-corrected chi connectivity index (χ4v) is 6.34. The molecule has 0 unspecified atom stereocenters. The molecule has 0 amide bonds. The molecule has 3 nitrogen and oxygen atoms in total. The summed E-state index contributed by atoms with van der Waals surface area (Å²) in [7, 11) is 0. The Morgan fingerprint density at radius 2 is 0.771 bits per heavy atom. The zero-order valence-corrected chi connectivity index (χ0v) is 26.1. The van der Waals surface area contributed by atoms with Crippen molar-refractivity contribution in [2.75, 3.05) is 0 Å². The summed E-state index contributed by atoms with van der Waals surface area (Å²) in [6, 6.07) is 60.5. The minimum Gasteiger partial charge on any atom is -0.238 e. The standard InChI is InChI=1S/C45H29N3/c1-46-42-19-11-10-16-39(42)33-22-20-31(21-23-33)37-28-29-38(41-18-9-8-17-40(37)41)32-24-26-35(27-25-32)44-30-43(34-12-4-2-5-13-34)47-45(48-44)36-14-6-3-7-15-36/h2-30H. The average Bonchev–Trinajstić information content (AvgIpc) is 3.18. The maximum absolute atomic E-state index is 7.55. The van der Waals surface area contributed by atoms with Crippen LogP contribution in [0.2, 0.25) is 0 Å². The number of fused-ring (bicyclic) bond motifs is 1. The van der Waals surface area contributed by atoms with Crippen molar-refractivity contribution in [3.05, 3.63) is 187 Å². The van der Waals surface area contributed by atoms with E-state index < -0.39 is 0 Å². The first-order valence-corrected chi connectivity index (χ1v) is 15.9. The highest BCUT2D eigenvalue weighted by atomic mass is 14.9. The van der Waals surface area contributed by atoms with E-state index in [1.165, 1.54) is 21.9 Å². The van der Waals surface area contributed by atoms with Crippen LogP contribution in [0.5, 0.6) is 0 Å². The fourth-order valence-electron chi connectivity index (χ4n) is 6.34. The number of rotatable bonds is 6. The smallest absolute Gasteiger partial charge is 0.194 e. The Morgan fingerprint density at radius 3 is 1.31 bits per heavy atom. The van der Waals surface area contributed by atoms with Crippen LogP contribution in [0.1, 0.15) is 0 Å². The summed E-state index contributed by atoms with van der Waals surface area (Å²) < 4.78 is 0. The van der Waals surface area contributed by atoms with Gasteiger partial charge in [0.15, 0.2) is 11.5 Å². The number of hydrogen-bond acceptors (Lipinski definition) is 2. The van der Waals surface area contributed by atoms with Gasteiger partial charge >= 0.3 is 0 Å². The van der Waals surface area contributed by atoms with Crippen LogP contribution in [-0.2, 0) is 0 Å². The molecule has 0 fully saturated rings. The summed E-state index contributed by atoms with van der Waals surface area (Å²) in [6.45, 7) is 7.55. The van der Waals surface area contributed by atoms with Crippen LogP contribution in [0.3, 0.4) is 0 Å². The van der Waals surface area contributed by atoms with Crippen molar-refractivity contribution >= 4 is 16.5 Å². The van der Waals surface area contributed by atoms with Gasteiger partial charge < -0.3 is 0 Å². The molecule has 0 saturated heterocycles. The van der Waals surface area contributed by atoms with Crippen LogP contribution in [0, 0.1) is 6.57 Å². The van der Waals surface area contributed by atoms with E-state index in [0.29, 0.717) is 11.5 Å². The van der Waals surface area contributed by atoms with Gasteiger partial charge in [0.25, 0.3) is 0 Å². The third-order valence-electron chi connectivity index (χ3n) is 8.77. The molecule has 1 aromatic heterocycles. The zero-order chi connectivity index (χ0) is 32.3. The van der Waals surface area contributed by atoms with Crippen molar-refractivity contribution in [3.63, 3.8) is 0 Å². The molecule has 7 aromatic carbocycles. The van der Waals surface area contributed by atoms with Crippen LogP contribution in [-0.4, -0.2) is 9.97 Å². The van der Waals surface area contributed by atoms with Gasteiger partial charge in [-0.25, -0.2) is 14.8 Å². The van der Waals surface area contributed by atoms with Crippen molar-refractivity contribution < 1.29 is 0 Å². The zero-order valence-electron chi connectivity index (χ0n) is 26.1. The fraction of sp³-hybridized carbons (Fsp3) is 0. The molecule has 0 atom stereocenters. The van der Waals surface area contributed by atoms with E-state index in [4.69, 9.17) is 16.5 Å². The first kappa shape index (κ1) is 28.8. The molecule has 0 N–H and O–H groups in total. The Morgan fingerprint density at radius 1 is 0.354 bits per heavy atom. The highest BCUT2D eigenvalue weighted by Gasteiger charge is 2.13. The van der Waals surface area contributed by atoms with Gasteiger partial charge in [-0.05, 0) is 50.2 Å². The molecule has 3 heteroatoms. The second kappa shape index (κ2) is 12.6. The monoisotopic (exact) mass is 611 g/mol. The van der Waals surface area contributed by atoms with E-state index in [1.54, 1.807) is 0 Å². The largest absolute Gasteiger partial charge is 0.238 e. The van der Waals surface area contributed by atoms with Crippen molar-refractivity contribution in [1.82, 2.24) is 9.97 Å². The average molecular weight is 612 g/mol. The van der Waals surface area contributed by atoms with Gasteiger partial charge in [-0.1, -0.05) is 170 Å². The quantitative estimate of drug-likeness (QED) is 0.175. The minimum atomic E-state index is 0.666. The lowest BCUT2D eigenvalue weighted by atomic mass is 9.91. The van der Waals surface area contributed by atoms with Crippen molar-refractivity contribution in [2.24, 2.45) is 0 Å². The van der Waals surface area contributed by atoms with E-state index in [9.17, 15) is 0 Å². The van der Waals surface area contributed by atoms with Crippen LogP contribution in [0.15, 0.2) is 176 Å². The van der Waals surface area contributed by atoms with Crippen LogP contribution < -0.4 is 0 Å². The summed E-state index contributed by atoms with van der Waals surface area (Å²) in [5.41, 5.74) is 12.2. The summed E-state index contributed by atoms with van der Waals surface area (Å²) >= 11 is 0. The van der Waals surface area contributed by atoms with Crippen LogP contribution in [0.4, 0.5) is 5.69 Å². The Balaban J connectivity index is 1.15. The molecule has 0 bridgehead atoms. The molecule has 0 radical (unpaired) electrons. The van der Waals surface area contributed by atoms with E-state index in [1.807, 2.05) is 60.7 Å². The van der Waals surface area contributed by atoms with Gasteiger partial charge in [0.05, 0.1) is 18.0 Å². The predicted octanol–water partition coefficient (Wildman–Crippen LogP) is 12.2. The van der Waals surface area contributed by atoms with Gasteiger partial charge in [0.2, 0.25) is 0 Å². The molecule has 0 aliphatic carbocycles. The Bertz CT molecular complexity index is 2370. The summed E-state index contributed by atoms with van der Waals surface area (Å²) in [5, 5.41) is 2.40. The van der Waals surface area contributed by atoms with Gasteiger partial charge in [0.1, 0.15) is 0 Å². The molecule has 0 saturated carbocycles. The topological polar surface area (TPSA) is 30.1 Å². The lowest BCUT2D eigenvalue weighted by molar-refractivity contribution is 1.18. The first-order valence-electron chi connectivity index (χ1n) is 15.9. The Hall–Kier alpha value is -6.63. The van der Waals surface area contributed by atoms with Crippen LogP contribution >= 0.6 is 0 Å². The Kier molecular flexibility index (Phi) is 7.59. The summed E-state index contributed by atoms with van der Waals surface area (Å²) in [5.74, 6) is 0.709. The van der Waals surface area contributed by atoms with Gasteiger partial charge in [-0.15, -0.1) is 0 Å². The van der Waals surface area contributed by atoms with E-state index in [2.05, 4.69) is 120 Å². The first-order chi connectivity index (χ1) is 23.7. The van der Waals surface area contributed by atoms with Gasteiger partial charge in [0, 0.05) is 16.7 Å². The van der Waals surface area contributed by atoms with Gasteiger partial charge in [-0.2, -0.15) is 0 Å². The van der Waals surface area contributed by atoms with E-state index in [-0.39, 0.29) is 0 Å². The number of benzene rings is 7. The summed E-state index contributed by atoms with van der Waals surface area (Å²) in [6.07, 6.45) is 0. The van der Waals surface area contributed by atoms with Crippen LogP contribution in [0.25, 0.3) is 82.9 Å². The molecule has 0 spiro atoms.